The van der Waals surface area contributed by atoms with Gasteiger partial charge in [-0.2, -0.15) is 0 Å². The molecule has 2 heteroatoms. The van der Waals surface area contributed by atoms with Crippen molar-refractivity contribution in [2.24, 2.45) is 0 Å². The van der Waals surface area contributed by atoms with Crippen LogP contribution in [0.1, 0.15) is 35.1 Å². The third-order valence-corrected chi connectivity index (χ3v) is 3.59. The van der Waals surface area contributed by atoms with E-state index in [0.29, 0.717) is 0 Å². The molecule has 0 radical (unpaired) electrons. The second-order valence-electron chi connectivity index (χ2n) is 4.94. The van der Waals surface area contributed by atoms with Gasteiger partial charge in [0.2, 0.25) is 0 Å². The molecule has 0 aliphatic heterocycles. The molecule has 0 aliphatic rings. The molecule has 0 spiro atoms. The molecule has 0 saturated carbocycles. The van der Waals surface area contributed by atoms with Crippen molar-refractivity contribution >= 4 is 11.5 Å². The van der Waals surface area contributed by atoms with Gasteiger partial charge in [-0.1, -0.05) is 55.1 Å². The van der Waals surface area contributed by atoms with Crippen LogP contribution in [0.4, 0.5) is 0 Å². The Bertz CT molecular complexity index is 656. The molecule has 0 heterocycles. The first-order valence-electron chi connectivity index (χ1n) is 6.59. The zero-order valence-corrected chi connectivity index (χ0v) is 11.8. The molecule has 0 saturated heterocycles. The Morgan fingerprint density at radius 1 is 1.05 bits per heavy atom. The van der Waals surface area contributed by atoms with Crippen molar-refractivity contribution in [2.75, 3.05) is 0 Å². The lowest BCUT2D eigenvalue weighted by Crippen LogP contribution is -2.10. The molecule has 0 amide bonds. The summed E-state index contributed by atoms with van der Waals surface area (Å²) in [4.78, 5) is 11.2. The van der Waals surface area contributed by atoms with E-state index < -0.39 is 11.9 Å². The lowest BCUT2D eigenvalue weighted by Gasteiger charge is -2.16. The van der Waals surface area contributed by atoms with E-state index in [1.54, 1.807) is 6.92 Å². The maximum Gasteiger partial charge on any atom is 0.310 e. The van der Waals surface area contributed by atoms with E-state index in [0.717, 1.165) is 27.8 Å². The number of carboxylic acids is 1. The summed E-state index contributed by atoms with van der Waals surface area (Å²) in [6, 6.07) is 15.6. The van der Waals surface area contributed by atoms with Crippen molar-refractivity contribution < 1.29 is 9.90 Å². The second kappa shape index (κ2) is 5.74. The molecule has 1 unspecified atom stereocenters. The molecule has 1 atom stereocenters. The number of aryl methyl sites for hydroxylation is 1. The lowest BCUT2D eigenvalue weighted by atomic mass is 9.88. The maximum atomic E-state index is 11.2. The van der Waals surface area contributed by atoms with Gasteiger partial charge in [0.1, 0.15) is 0 Å². The average molecular weight is 266 g/mol. The van der Waals surface area contributed by atoms with Crippen LogP contribution >= 0.6 is 0 Å². The Labute approximate surface area is 119 Å². The second-order valence-corrected chi connectivity index (χ2v) is 4.94. The summed E-state index contributed by atoms with van der Waals surface area (Å²) >= 11 is 0. The molecular formula is C18H18O2. The fraction of sp³-hybridized carbons (Fsp3) is 0.167. The van der Waals surface area contributed by atoms with Gasteiger partial charge >= 0.3 is 5.97 Å². The van der Waals surface area contributed by atoms with E-state index in [1.165, 1.54) is 0 Å². The molecular weight excluding hydrogens is 248 g/mol. The number of benzene rings is 2. The summed E-state index contributed by atoms with van der Waals surface area (Å²) in [5, 5.41) is 9.24. The SMILES string of the molecule is C=C(c1ccccc1C)c1ccccc1C(C)C(=O)O. The number of aliphatic carboxylic acids is 1. The topological polar surface area (TPSA) is 37.3 Å². The third kappa shape index (κ3) is 2.64. The molecule has 0 bridgehead atoms. The van der Waals surface area contributed by atoms with Crippen LogP contribution in [0.3, 0.4) is 0 Å². The van der Waals surface area contributed by atoms with Crippen LogP contribution in [-0.2, 0) is 4.79 Å². The highest BCUT2D eigenvalue weighted by molar-refractivity contribution is 5.85. The van der Waals surface area contributed by atoms with Crippen molar-refractivity contribution in [1.82, 2.24) is 0 Å². The highest BCUT2D eigenvalue weighted by atomic mass is 16.4. The van der Waals surface area contributed by atoms with Gasteiger partial charge in [-0.05, 0) is 41.7 Å². The largest absolute Gasteiger partial charge is 0.481 e. The van der Waals surface area contributed by atoms with Crippen LogP contribution < -0.4 is 0 Å². The smallest absolute Gasteiger partial charge is 0.310 e. The molecule has 102 valence electrons. The van der Waals surface area contributed by atoms with Gasteiger partial charge < -0.3 is 5.11 Å². The van der Waals surface area contributed by atoms with Crippen LogP contribution in [0.25, 0.3) is 5.57 Å². The Kier molecular flexibility index (Phi) is 4.04. The molecule has 2 aromatic carbocycles. The number of rotatable bonds is 4. The Hall–Kier alpha value is -2.35. The number of carbonyl (C=O) groups is 1. The molecule has 2 aromatic rings. The summed E-state index contributed by atoms with van der Waals surface area (Å²) in [7, 11) is 0. The minimum absolute atomic E-state index is 0.549. The van der Waals surface area contributed by atoms with E-state index in [4.69, 9.17) is 0 Å². The first-order chi connectivity index (χ1) is 9.52. The van der Waals surface area contributed by atoms with Crippen LogP contribution in [0.2, 0.25) is 0 Å². The first kappa shape index (κ1) is 14.1. The van der Waals surface area contributed by atoms with Gasteiger partial charge in [-0.15, -0.1) is 0 Å². The van der Waals surface area contributed by atoms with Gasteiger partial charge in [0.15, 0.2) is 0 Å². The highest BCUT2D eigenvalue weighted by Gasteiger charge is 2.19. The molecule has 1 N–H and O–H groups in total. The Balaban J connectivity index is 2.51. The number of carboxylic acid groups (broad SMARTS) is 1. The zero-order valence-electron chi connectivity index (χ0n) is 11.8. The molecule has 2 nitrogen and oxygen atoms in total. The number of hydrogen-bond donors (Lipinski definition) is 1. The van der Waals surface area contributed by atoms with Crippen LogP contribution in [-0.4, -0.2) is 11.1 Å². The highest BCUT2D eigenvalue weighted by Crippen LogP contribution is 2.30. The monoisotopic (exact) mass is 266 g/mol. The standard InChI is InChI=1S/C18H18O2/c1-12-8-4-5-9-15(12)13(2)16-10-6-7-11-17(16)14(3)18(19)20/h4-11,14H,2H2,1,3H3,(H,19,20). The van der Waals surface area contributed by atoms with Gasteiger partial charge in [0, 0.05) is 0 Å². The molecule has 0 fully saturated rings. The fourth-order valence-electron chi connectivity index (χ4n) is 2.34. The van der Waals surface area contributed by atoms with Crippen LogP contribution in [0, 0.1) is 6.92 Å². The summed E-state index contributed by atoms with van der Waals surface area (Å²) in [5.41, 5.74) is 4.75. The van der Waals surface area contributed by atoms with E-state index in [2.05, 4.69) is 6.58 Å². The van der Waals surface area contributed by atoms with Crippen LogP contribution in [0.5, 0.6) is 0 Å². The predicted octanol–water partition coefficient (Wildman–Crippen LogP) is 4.24. The number of hydrogen-bond acceptors (Lipinski definition) is 1. The molecule has 2 rings (SSSR count). The molecule has 0 aromatic heterocycles. The fourth-order valence-corrected chi connectivity index (χ4v) is 2.34. The summed E-state index contributed by atoms with van der Waals surface area (Å²) in [6.45, 7) is 7.90. The van der Waals surface area contributed by atoms with E-state index >= 15 is 0 Å². The first-order valence-corrected chi connectivity index (χ1v) is 6.59. The van der Waals surface area contributed by atoms with E-state index in [1.807, 2.05) is 55.5 Å². The third-order valence-electron chi connectivity index (χ3n) is 3.59. The van der Waals surface area contributed by atoms with Crippen LogP contribution in [0.15, 0.2) is 55.1 Å². The molecule has 20 heavy (non-hydrogen) atoms. The van der Waals surface area contributed by atoms with Crippen molar-refractivity contribution in [3.8, 4) is 0 Å². The van der Waals surface area contributed by atoms with Gasteiger partial charge in [0.05, 0.1) is 5.92 Å². The Morgan fingerprint density at radius 3 is 2.20 bits per heavy atom. The van der Waals surface area contributed by atoms with E-state index in [-0.39, 0.29) is 0 Å². The lowest BCUT2D eigenvalue weighted by molar-refractivity contribution is -0.138. The maximum absolute atomic E-state index is 11.2. The normalized spacial score (nSPS) is 11.9. The predicted molar refractivity (Wildman–Crippen MR) is 81.8 cm³/mol. The van der Waals surface area contributed by atoms with Crippen molar-refractivity contribution in [1.29, 1.82) is 0 Å². The summed E-state index contributed by atoms with van der Waals surface area (Å²) < 4.78 is 0. The van der Waals surface area contributed by atoms with Crippen molar-refractivity contribution in [3.05, 3.63) is 77.4 Å². The van der Waals surface area contributed by atoms with Gasteiger partial charge in [0.25, 0.3) is 0 Å². The quantitative estimate of drug-likeness (QED) is 0.898. The van der Waals surface area contributed by atoms with Gasteiger partial charge in [-0.25, -0.2) is 0 Å². The average Bonchev–Trinajstić information content (AvgIpc) is 2.46. The Morgan fingerprint density at radius 2 is 1.60 bits per heavy atom. The summed E-state index contributed by atoms with van der Waals surface area (Å²) in [5.74, 6) is -1.37. The van der Waals surface area contributed by atoms with Crippen molar-refractivity contribution in [2.45, 2.75) is 19.8 Å². The van der Waals surface area contributed by atoms with E-state index in [9.17, 15) is 9.90 Å². The van der Waals surface area contributed by atoms with Gasteiger partial charge in [-0.3, -0.25) is 4.79 Å². The molecule has 0 aliphatic carbocycles. The minimum Gasteiger partial charge on any atom is -0.481 e. The minimum atomic E-state index is -0.824. The zero-order chi connectivity index (χ0) is 14.7. The summed E-state index contributed by atoms with van der Waals surface area (Å²) in [6.07, 6.45) is 0. The van der Waals surface area contributed by atoms with Crippen molar-refractivity contribution in [3.63, 3.8) is 0 Å².